The molecular formula is C13H12N4O4. The number of urea groups is 1. The molecule has 0 fully saturated rings. The van der Waals surface area contributed by atoms with E-state index in [1.54, 1.807) is 18.5 Å². The molecule has 0 aliphatic heterocycles. The smallest absolute Gasteiger partial charge is 0.306 e. The van der Waals surface area contributed by atoms with E-state index in [1.165, 1.54) is 24.3 Å². The average Bonchev–Trinajstić information content (AvgIpc) is 2.49. The Morgan fingerprint density at radius 1 is 1.29 bits per heavy atom. The lowest BCUT2D eigenvalue weighted by Gasteiger charge is -2.07. The van der Waals surface area contributed by atoms with Crippen LogP contribution in [0.5, 0.6) is 0 Å². The number of hydrogen-bond donors (Lipinski definition) is 2. The minimum Gasteiger partial charge on any atom is -0.306 e. The highest BCUT2D eigenvalue weighted by atomic mass is 16.7. The van der Waals surface area contributed by atoms with Gasteiger partial charge in [-0.15, -0.1) is 0 Å². The Morgan fingerprint density at radius 2 is 2.05 bits per heavy atom. The molecule has 0 bridgehead atoms. The summed E-state index contributed by atoms with van der Waals surface area (Å²) in [7, 11) is 0. The minimum atomic E-state index is -0.576. The molecule has 21 heavy (non-hydrogen) atoms. The van der Waals surface area contributed by atoms with Gasteiger partial charge in [-0.1, -0.05) is 6.07 Å². The Kier molecular flexibility index (Phi) is 4.78. The van der Waals surface area contributed by atoms with Crippen molar-refractivity contribution in [3.05, 3.63) is 64.5 Å². The molecule has 8 heteroatoms. The molecule has 1 aromatic carbocycles. The molecular weight excluding hydrogens is 276 g/mol. The number of nitrogens with zero attached hydrogens (tertiary/aromatic N) is 2. The van der Waals surface area contributed by atoms with Gasteiger partial charge in [-0.3, -0.25) is 19.9 Å². The van der Waals surface area contributed by atoms with Gasteiger partial charge >= 0.3 is 6.03 Å². The summed E-state index contributed by atoms with van der Waals surface area (Å²) < 4.78 is 0. The molecule has 0 saturated heterocycles. The summed E-state index contributed by atoms with van der Waals surface area (Å²) in [6, 6.07) is 8.45. The molecule has 0 aliphatic rings. The number of amides is 2. The van der Waals surface area contributed by atoms with Crippen molar-refractivity contribution in [1.29, 1.82) is 0 Å². The number of hydrogen-bond acceptors (Lipinski definition) is 5. The Bertz CT molecular complexity index is 616. The molecule has 0 aliphatic carbocycles. The van der Waals surface area contributed by atoms with Crippen molar-refractivity contribution in [1.82, 2.24) is 10.5 Å². The van der Waals surface area contributed by atoms with Crippen LogP contribution >= 0.6 is 0 Å². The van der Waals surface area contributed by atoms with E-state index in [2.05, 4.69) is 15.8 Å². The molecule has 1 heterocycles. The minimum absolute atomic E-state index is 0.0474. The fourth-order valence-electron chi connectivity index (χ4n) is 1.49. The number of nitrogens with one attached hydrogen (secondary N) is 2. The first-order valence-electron chi connectivity index (χ1n) is 5.97. The van der Waals surface area contributed by atoms with Gasteiger partial charge < -0.3 is 5.32 Å². The first-order chi connectivity index (χ1) is 10.1. The quantitative estimate of drug-likeness (QED) is 0.648. The summed E-state index contributed by atoms with van der Waals surface area (Å²) in [5.41, 5.74) is 3.39. The topological polar surface area (TPSA) is 106 Å². The van der Waals surface area contributed by atoms with Gasteiger partial charge in [0.05, 0.1) is 4.92 Å². The first kappa shape index (κ1) is 14.4. The maximum atomic E-state index is 11.5. The molecule has 108 valence electrons. The molecule has 2 amide bonds. The molecule has 0 atom stereocenters. The summed E-state index contributed by atoms with van der Waals surface area (Å²) >= 11 is 0. The van der Waals surface area contributed by atoms with Gasteiger partial charge in [0.15, 0.2) is 0 Å². The van der Waals surface area contributed by atoms with Crippen LogP contribution in [0.4, 0.5) is 16.2 Å². The zero-order chi connectivity index (χ0) is 15.1. The van der Waals surface area contributed by atoms with E-state index in [0.29, 0.717) is 5.69 Å². The molecule has 0 saturated carbocycles. The van der Waals surface area contributed by atoms with E-state index in [-0.39, 0.29) is 12.3 Å². The highest BCUT2D eigenvalue weighted by Gasteiger charge is 2.06. The second-order valence-corrected chi connectivity index (χ2v) is 4.01. The van der Waals surface area contributed by atoms with Gasteiger partial charge in [0.25, 0.3) is 5.69 Å². The van der Waals surface area contributed by atoms with Crippen LogP contribution in [0.3, 0.4) is 0 Å². The number of nitro groups is 1. The highest BCUT2D eigenvalue weighted by molar-refractivity contribution is 5.88. The highest BCUT2D eigenvalue weighted by Crippen LogP contribution is 2.15. The first-order valence-corrected chi connectivity index (χ1v) is 5.97. The number of hydroxylamine groups is 1. The third-order valence-corrected chi connectivity index (χ3v) is 2.46. The molecule has 2 N–H and O–H groups in total. The molecule has 2 rings (SSSR count). The summed E-state index contributed by atoms with van der Waals surface area (Å²) in [6.07, 6.45) is 3.26. The predicted octanol–water partition coefficient (Wildman–Crippen LogP) is 2.24. The van der Waals surface area contributed by atoms with Gasteiger partial charge in [-0.2, -0.15) is 0 Å². The summed E-state index contributed by atoms with van der Waals surface area (Å²) in [5.74, 6) is 0. The van der Waals surface area contributed by atoms with E-state index in [1.807, 2.05) is 6.07 Å². The maximum absolute atomic E-state index is 11.5. The Labute approximate surface area is 119 Å². The van der Waals surface area contributed by atoms with Crippen molar-refractivity contribution in [2.45, 2.75) is 6.61 Å². The Hall–Kier alpha value is -3.00. The third-order valence-electron chi connectivity index (χ3n) is 2.46. The van der Waals surface area contributed by atoms with Crippen LogP contribution in [0, 0.1) is 10.1 Å². The Morgan fingerprint density at radius 3 is 2.67 bits per heavy atom. The van der Waals surface area contributed by atoms with Crippen LogP contribution in [-0.2, 0) is 11.4 Å². The molecule has 0 unspecified atom stereocenters. The number of aromatic nitrogens is 1. The maximum Gasteiger partial charge on any atom is 0.343 e. The molecule has 0 radical (unpaired) electrons. The number of carbonyl (C=O) groups excluding carboxylic acids is 1. The van der Waals surface area contributed by atoms with Crippen molar-refractivity contribution in [3.63, 3.8) is 0 Å². The van der Waals surface area contributed by atoms with Crippen LogP contribution in [0.15, 0.2) is 48.8 Å². The van der Waals surface area contributed by atoms with Crippen molar-refractivity contribution in [2.24, 2.45) is 0 Å². The molecule has 2 aromatic rings. The van der Waals surface area contributed by atoms with E-state index in [9.17, 15) is 14.9 Å². The van der Waals surface area contributed by atoms with E-state index >= 15 is 0 Å². The van der Waals surface area contributed by atoms with Crippen molar-refractivity contribution in [3.8, 4) is 0 Å². The van der Waals surface area contributed by atoms with Gasteiger partial charge in [0, 0.05) is 30.2 Å². The monoisotopic (exact) mass is 288 g/mol. The molecule has 0 spiro atoms. The fourth-order valence-corrected chi connectivity index (χ4v) is 1.49. The van der Waals surface area contributed by atoms with Gasteiger partial charge in [0.2, 0.25) is 0 Å². The number of rotatable bonds is 5. The zero-order valence-electron chi connectivity index (χ0n) is 10.9. The summed E-state index contributed by atoms with van der Waals surface area (Å²) in [5, 5.41) is 13.0. The Balaban J connectivity index is 1.78. The van der Waals surface area contributed by atoms with Crippen LogP contribution in [0.25, 0.3) is 0 Å². The summed E-state index contributed by atoms with van der Waals surface area (Å²) in [4.78, 5) is 30.4. The van der Waals surface area contributed by atoms with E-state index < -0.39 is 11.0 Å². The largest absolute Gasteiger partial charge is 0.343 e. The summed E-state index contributed by atoms with van der Waals surface area (Å²) in [6.45, 7) is 0.182. The lowest BCUT2D eigenvalue weighted by atomic mass is 10.3. The number of nitro benzene ring substituents is 1. The molecule has 8 nitrogen and oxygen atoms in total. The van der Waals surface area contributed by atoms with Crippen LogP contribution in [0.2, 0.25) is 0 Å². The second-order valence-electron chi connectivity index (χ2n) is 4.01. The van der Waals surface area contributed by atoms with Crippen LogP contribution in [0.1, 0.15) is 5.56 Å². The van der Waals surface area contributed by atoms with Gasteiger partial charge in [0.1, 0.15) is 6.61 Å². The van der Waals surface area contributed by atoms with Crippen molar-refractivity contribution < 1.29 is 14.6 Å². The van der Waals surface area contributed by atoms with Crippen molar-refractivity contribution in [2.75, 3.05) is 5.32 Å². The normalized spacial score (nSPS) is 9.90. The SMILES string of the molecule is O=C(NOCc1cccnc1)Nc1ccc([N+](=O)[O-])cc1. The van der Waals surface area contributed by atoms with E-state index in [4.69, 9.17) is 4.84 Å². The zero-order valence-corrected chi connectivity index (χ0v) is 10.9. The number of carbonyl (C=O) groups is 1. The predicted molar refractivity (Wildman–Crippen MR) is 74.3 cm³/mol. The number of anilines is 1. The van der Waals surface area contributed by atoms with Crippen molar-refractivity contribution >= 4 is 17.4 Å². The van der Waals surface area contributed by atoms with Gasteiger partial charge in [-0.25, -0.2) is 10.3 Å². The lowest BCUT2D eigenvalue weighted by Crippen LogP contribution is -2.28. The second kappa shape index (κ2) is 6.96. The average molecular weight is 288 g/mol. The number of pyridine rings is 1. The number of benzene rings is 1. The standard InChI is InChI=1S/C13H12N4O4/c18-13(16-21-9-10-2-1-7-14-8-10)15-11-3-5-12(6-4-11)17(19)20/h1-8H,9H2,(H2,15,16,18). The van der Waals surface area contributed by atoms with Gasteiger partial charge in [-0.05, 0) is 23.8 Å². The van der Waals surface area contributed by atoms with E-state index in [0.717, 1.165) is 5.56 Å². The lowest BCUT2D eigenvalue weighted by molar-refractivity contribution is -0.384. The number of non-ortho nitro benzene ring substituents is 1. The fraction of sp³-hybridized carbons (Fsp3) is 0.0769. The molecule has 1 aromatic heterocycles. The van der Waals surface area contributed by atoms with Crippen LogP contribution < -0.4 is 10.8 Å². The van der Waals surface area contributed by atoms with Crippen LogP contribution in [-0.4, -0.2) is 15.9 Å². The third kappa shape index (κ3) is 4.55.